The maximum atomic E-state index is 13.7. The first-order chi connectivity index (χ1) is 23.9. The van der Waals surface area contributed by atoms with E-state index in [1.807, 2.05) is 29.1 Å². The Hall–Kier alpha value is -4.57. The lowest BCUT2D eigenvalue weighted by atomic mass is 9.81. The molecule has 5 aromatic rings. The molecule has 2 aromatic heterocycles. The SMILES string of the molecule is CC1CCCC(c2cc(NC(=O)Nc3ccc(-c4ccc(CN5CCOCC5)nc4)c4ccccc34)n(-c3cccc(CN(C)C)c3)n2)C1. The lowest BCUT2D eigenvalue weighted by Gasteiger charge is -2.26. The smallest absolute Gasteiger partial charge is 0.324 e. The van der Waals surface area contributed by atoms with E-state index in [1.165, 1.54) is 18.4 Å². The predicted octanol–water partition coefficient (Wildman–Crippen LogP) is 7.92. The summed E-state index contributed by atoms with van der Waals surface area (Å²) in [5.41, 5.74) is 7.08. The topological polar surface area (TPSA) is 87.6 Å². The van der Waals surface area contributed by atoms with Crippen LogP contribution in [-0.2, 0) is 17.8 Å². The Morgan fingerprint density at radius 2 is 1.78 bits per heavy atom. The molecule has 3 heterocycles. The summed E-state index contributed by atoms with van der Waals surface area (Å²) >= 11 is 0. The zero-order valence-electron chi connectivity index (χ0n) is 28.9. The van der Waals surface area contributed by atoms with Crippen molar-refractivity contribution in [2.75, 3.05) is 51.0 Å². The summed E-state index contributed by atoms with van der Waals surface area (Å²) in [5, 5.41) is 13.4. The maximum absolute atomic E-state index is 13.7. The van der Waals surface area contributed by atoms with Crippen LogP contribution < -0.4 is 10.6 Å². The van der Waals surface area contributed by atoms with E-state index in [4.69, 9.17) is 14.8 Å². The molecule has 2 N–H and O–H groups in total. The molecule has 0 bridgehead atoms. The van der Waals surface area contributed by atoms with Crippen molar-refractivity contribution >= 4 is 28.3 Å². The molecular formula is C40H47N7O2. The molecule has 2 aliphatic rings. The zero-order chi connectivity index (χ0) is 33.7. The molecule has 2 unspecified atom stereocenters. The summed E-state index contributed by atoms with van der Waals surface area (Å²) in [6.07, 6.45) is 6.67. The number of amides is 2. The van der Waals surface area contributed by atoms with Crippen LogP contribution in [0.2, 0.25) is 0 Å². The molecule has 3 aromatic carbocycles. The van der Waals surface area contributed by atoms with Crippen molar-refractivity contribution in [2.45, 2.75) is 51.6 Å². The monoisotopic (exact) mass is 657 g/mol. The van der Waals surface area contributed by atoms with Gasteiger partial charge in [-0.15, -0.1) is 0 Å². The van der Waals surface area contributed by atoms with E-state index in [0.29, 0.717) is 17.7 Å². The lowest BCUT2D eigenvalue weighted by Crippen LogP contribution is -2.35. The highest BCUT2D eigenvalue weighted by Gasteiger charge is 2.25. The fraction of sp³-hybridized carbons (Fsp3) is 0.375. The first-order valence-electron chi connectivity index (χ1n) is 17.6. The van der Waals surface area contributed by atoms with E-state index in [1.54, 1.807) is 0 Å². The molecule has 9 heteroatoms. The van der Waals surface area contributed by atoms with Crippen LogP contribution in [-0.4, -0.2) is 71.0 Å². The summed E-state index contributed by atoms with van der Waals surface area (Å²) in [6.45, 7) is 7.39. The van der Waals surface area contributed by atoms with Crippen molar-refractivity contribution in [3.8, 4) is 16.8 Å². The number of urea groups is 1. The van der Waals surface area contributed by atoms with Crippen molar-refractivity contribution in [3.05, 3.63) is 102 Å². The average Bonchev–Trinajstić information content (AvgIpc) is 3.53. The molecule has 49 heavy (non-hydrogen) atoms. The number of nitrogens with one attached hydrogen (secondary N) is 2. The number of hydrogen-bond donors (Lipinski definition) is 2. The van der Waals surface area contributed by atoms with Crippen LogP contribution in [0.4, 0.5) is 16.3 Å². The minimum absolute atomic E-state index is 0.304. The number of nitrogens with zero attached hydrogens (tertiary/aromatic N) is 5. The average molecular weight is 658 g/mol. The van der Waals surface area contributed by atoms with Gasteiger partial charge in [0.25, 0.3) is 0 Å². The van der Waals surface area contributed by atoms with Crippen molar-refractivity contribution < 1.29 is 9.53 Å². The molecule has 7 rings (SSSR count). The van der Waals surface area contributed by atoms with Gasteiger partial charge in [-0.1, -0.05) is 68.3 Å². The van der Waals surface area contributed by atoms with Gasteiger partial charge in [-0.2, -0.15) is 5.10 Å². The molecule has 2 atom stereocenters. The molecule has 9 nitrogen and oxygen atoms in total. The molecule has 0 radical (unpaired) electrons. The molecule has 1 saturated carbocycles. The first kappa shape index (κ1) is 33.0. The fourth-order valence-electron chi connectivity index (χ4n) is 7.33. The number of fused-ring (bicyclic) bond motifs is 1. The number of hydrogen-bond acceptors (Lipinski definition) is 6. The Bertz CT molecular complexity index is 1900. The number of carbonyl (C=O) groups excluding carboxylic acids is 1. The van der Waals surface area contributed by atoms with Crippen LogP contribution in [0.1, 0.15) is 55.5 Å². The number of anilines is 2. The number of rotatable bonds is 9. The quantitative estimate of drug-likeness (QED) is 0.168. The van der Waals surface area contributed by atoms with Gasteiger partial charge in [-0.25, -0.2) is 9.48 Å². The van der Waals surface area contributed by atoms with Crippen molar-refractivity contribution in [1.82, 2.24) is 24.6 Å². The van der Waals surface area contributed by atoms with Gasteiger partial charge < -0.3 is 15.0 Å². The Kier molecular flexibility index (Phi) is 10.0. The number of aromatic nitrogens is 3. The van der Waals surface area contributed by atoms with E-state index in [-0.39, 0.29) is 6.03 Å². The van der Waals surface area contributed by atoms with Gasteiger partial charge in [0, 0.05) is 55.3 Å². The number of ether oxygens (including phenoxy) is 1. The Labute approximate surface area is 289 Å². The van der Waals surface area contributed by atoms with Crippen LogP contribution in [0.25, 0.3) is 27.6 Å². The third-order valence-corrected chi connectivity index (χ3v) is 9.78. The maximum Gasteiger partial charge on any atom is 0.324 e. The van der Waals surface area contributed by atoms with Crippen molar-refractivity contribution in [2.24, 2.45) is 5.92 Å². The molecular weight excluding hydrogens is 610 g/mol. The third-order valence-electron chi connectivity index (χ3n) is 9.78. The van der Waals surface area contributed by atoms with Gasteiger partial charge in [0.2, 0.25) is 0 Å². The van der Waals surface area contributed by atoms with Crippen LogP contribution in [0, 0.1) is 5.92 Å². The largest absolute Gasteiger partial charge is 0.379 e. The van der Waals surface area contributed by atoms with Gasteiger partial charge in [0.15, 0.2) is 0 Å². The molecule has 2 fully saturated rings. The minimum Gasteiger partial charge on any atom is -0.379 e. The highest BCUT2D eigenvalue weighted by Crippen LogP contribution is 2.37. The number of carbonyl (C=O) groups is 1. The summed E-state index contributed by atoms with van der Waals surface area (Å²) in [6, 6.07) is 26.7. The van der Waals surface area contributed by atoms with Crippen molar-refractivity contribution in [1.29, 1.82) is 0 Å². The second kappa shape index (κ2) is 14.9. The van der Waals surface area contributed by atoms with E-state index < -0.39 is 0 Å². The molecule has 1 aliphatic heterocycles. The van der Waals surface area contributed by atoms with E-state index >= 15 is 0 Å². The third kappa shape index (κ3) is 7.85. The zero-order valence-corrected chi connectivity index (χ0v) is 28.9. The second-order valence-electron chi connectivity index (χ2n) is 14.0. The molecule has 1 saturated heterocycles. The highest BCUT2D eigenvalue weighted by molar-refractivity contribution is 6.09. The lowest BCUT2D eigenvalue weighted by molar-refractivity contribution is 0.0336. The second-order valence-corrected chi connectivity index (χ2v) is 14.0. The van der Waals surface area contributed by atoms with Gasteiger partial charge in [0.05, 0.1) is 36.0 Å². The number of morpholine rings is 1. The summed E-state index contributed by atoms with van der Waals surface area (Å²) in [4.78, 5) is 23.0. The van der Waals surface area contributed by atoms with Gasteiger partial charge >= 0.3 is 6.03 Å². The van der Waals surface area contributed by atoms with Crippen LogP contribution in [0.3, 0.4) is 0 Å². The van der Waals surface area contributed by atoms with E-state index in [9.17, 15) is 4.79 Å². The van der Waals surface area contributed by atoms with Crippen LogP contribution >= 0.6 is 0 Å². The Morgan fingerprint density at radius 1 is 0.939 bits per heavy atom. The fourth-order valence-corrected chi connectivity index (χ4v) is 7.33. The standard InChI is InChI=1S/C40H47N7O2/c1-28-8-6-10-30(22-28)38-24-39(47(44-38)33-11-7-9-29(23-33)26-45(2)3)43-40(48)42-37-17-16-34(35-12-4-5-13-36(35)37)31-14-15-32(41-25-31)27-46-18-20-49-21-19-46/h4-5,7,9,11-17,23-25,28,30H,6,8,10,18-22,26-27H2,1-3H3,(H2,42,43,48). The molecule has 2 amide bonds. The predicted molar refractivity (Wildman–Crippen MR) is 197 cm³/mol. The van der Waals surface area contributed by atoms with E-state index in [2.05, 4.69) is 102 Å². The molecule has 0 spiro atoms. The van der Waals surface area contributed by atoms with Crippen LogP contribution in [0.15, 0.2) is 85.1 Å². The number of benzene rings is 3. The number of pyridine rings is 1. The molecule has 1 aliphatic carbocycles. The Morgan fingerprint density at radius 3 is 2.55 bits per heavy atom. The van der Waals surface area contributed by atoms with Crippen LogP contribution in [0.5, 0.6) is 0 Å². The van der Waals surface area contributed by atoms with Gasteiger partial charge in [-0.3, -0.25) is 15.2 Å². The Balaban J connectivity index is 1.13. The first-order valence-corrected chi connectivity index (χ1v) is 17.6. The summed E-state index contributed by atoms with van der Waals surface area (Å²) < 4.78 is 7.38. The highest BCUT2D eigenvalue weighted by atomic mass is 16.5. The van der Waals surface area contributed by atoms with Gasteiger partial charge in [-0.05, 0) is 73.6 Å². The molecule has 254 valence electrons. The van der Waals surface area contributed by atoms with Gasteiger partial charge in [0.1, 0.15) is 5.82 Å². The van der Waals surface area contributed by atoms with E-state index in [0.717, 1.165) is 96.9 Å². The summed E-state index contributed by atoms with van der Waals surface area (Å²) in [7, 11) is 4.13. The summed E-state index contributed by atoms with van der Waals surface area (Å²) in [5.74, 6) is 1.72. The normalized spacial score (nSPS) is 18.5. The minimum atomic E-state index is -0.304. The van der Waals surface area contributed by atoms with Crippen molar-refractivity contribution in [3.63, 3.8) is 0 Å².